The largest absolute Gasteiger partial charge is 0.346 e. The Morgan fingerprint density at radius 3 is 2.71 bits per heavy atom. The molecule has 17 heavy (non-hydrogen) atoms. The summed E-state index contributed by atoms with van der Waals surface area (Å²) in [6, 6.07) is 15.8. The molecule has 3 nitrogen and oxygen atoms in total. The summed E-state index contributed by atoms with van der Waals surface area (Å²) in [7, 11) is 0. The second-order valence-corrected chi connectivity index (χ2v) is 3.77. The molecule has 1 aromatic carbocycles. The molecular formula is C14H9N3. The minimum absolute atomic E-state index is 0.648. The minimum atomic E-state index is 0.648. The van der Waals surface area contributed by atoms with Gasteiger partial charge in [-0.1, -0.05) is 30.3 Å². The van der Waals surface area contributed by atoms with Crippen LogP contribution in [0.1, 0.15) is 5.56 Å². The molecule has 2 aromatic heterocycles. The molecule has 3 heteroatoms. The smallest absolute Gasteiger partial charge is 0.139 e. The molecule has 0 aliphatic carbocycles. The summed E-state index contributed by atoms with van der Waals surface area (Å²) in [6.07, 6.45) is 1.80. The molecule has 0 fully saturated rings. The Morgan fingerprint density at radius 1 is 1.12 bits per heavy atom. The first kappa shape index (κ1) is 9.61. The molecular weight excluding hydrogens is 210 g/mol. The van der Waals surface area contributed by atoms with Gasteiger partial charge in [0.15, 0.2) is 0 Å². The summed E-state index contributed by atoms with van der Waals surface area (Å²) in [5.41, 5.74) is 3.23. The van der Waals surface area contributed by atoms with Gasteiger partial charge in [-0.3, -0.25) is 0 Å². The van der Waals surface area contributed by atoms with Crippen molar-refractivity contribution in [3.8, 4) is 17.3 Å². The van der Waals surface area contributed by atoms with Gasteiger partial charge in [0.1, 0.15) is 5.65 Å². The number of hydrogen-bond donors (Lipinski definition) is 1. The normalized spacial score (nSPS) is 10.3. The van der Waals surface area contributed by atoms with Crippen LogP contribution in [0.4, 0.5) is 0 Å². The average Bonchev–Trinajstić information content (AvgIpc) is 2.86. The van der Waals surface area contributed by atoms with E-state index in [4.69, 9.17) is 5.26 Å². The van der Waals surface area contributed by atoms with Crippen molar-refractivity contribution in [1.29, 1.82) is 5.26 Å². The number of H-pyrrole nitrogens is 1. The van der Waals surface area contributed by atoms with Crippen LogP contribution in [0.25, 0.3) is 22.3 Å². The van der Waals surface area contributed by atoms with E-state index in [1.165, 1.54) is 0 Å². The summed E-state index contributed by atoms with van der Waals surface area (Å²) < 4.78 is 0. The predicted octanol–water partition coefficient (Wildman–Crippen LogP) is 3.10. The van der Waals surface area contributed by atoms with E-state index in [0.29, 0.717) is 5.56 Å². The third kappa shape index (κ3) is 1.56. The van der Waals surface area contributed by atoms with Gasteiger partial charge in [0.2, 0.25) is 0 Å². The first-order valence-electron chi connectivity index (χ1n) is 5.32. The maximum absolute atomic E-state index is 9.13. The fourth-order valence-electron chi connectivity index (χ4n) is 1.89. The van der Waals surface area contributed by atoms with Crippen LogP contribution in [0.3, 0.4) is 0 Å². The lowest BCUT2D eigenvalue weighted by Crippen LogP contribution is -1.87. The van der Waals surface area contributed by atoms with Crippen molar-refractivity contribution < 1.29 is 0 Å². The van der Waals surface area contributed by atoms with E-state index in [-0.39, 0.29) is 0 Å². The molecule has 0 aliphatic rings. The first-order valence-corrected chi connectivity index (χ1v) is 5.32. The Hall–Kier alpha value is -2.60. The number of nitriles is 1. The molecule has 0 unspecified atom stereocenters. The Balaban J connectivity index is 2.29. The van der Waals surface area contributed by atoms with Crippen molar-refractivity contribution in [3.05, 3.63) is 54.2 Å². The second-order valence-electron chi connectivity index (χ2n) is 3.77. The van der Waals surface area contributed by atoms with Crippen molar-refractivity contribution in [2.45, 2.75) is 0 Å². The Labute approximate surface area is 98.4 Å². The number of nitrogens with one attached hydrogen (secondary N) is 1. The molecule has 3 rings (SSSR count). The molecule has 0 atom stereocenters. The van der Waals surface area contributed by atoms with Gasteiger partial charge in [0, 0.05) is 17.1 Å². The van der Waals surface area contributed by atoms with Gasteiger partial charge in [-0.25, -0.2) is 4.98 Å². The molecule has 0 spiro atoms. The van der Waals surface area contributed by atoms with Gasteiger partial charge in [-0.2, -0.15) is 5.26 Å². The number of nitrogens with zero attached hydrogens (tertiary/aromatic N) is 2. The zero-order chi connectivity index (χ0) is 11.7. The van der Waals surface area contributed by atoms with Crippen LogP contribution in [-0.4, -0.2) is 9.97 Å². The van der Waals surface area contributed by atoms with Crippen LogP contribution in [0, 0.1) is 11.3 Å². The van der Waals surface area contributed by atoms with Gasteiger partial charge >= 0.3 is 0 Å². The zero-order valence-corrected chi connectivity index (χ0v) is 9.01. The number of aromatic amines is 1. The fourth-order valence-corrected chi connectivity index (χ4v) is 1.89. The first-order chi connectivity index (χ1) is 8.38. The number of pyridine rings is 1. The monoisotopic (exact) mass is 219 g/mol. The van der Waals surface area contributed by atoms with Crippen LogP contribution in [0.15, 0.2) is 48.7 Å². The Bertz CT molecular complexity index is 705. The summed E-state index contributed by atoms with van der Waals surface area (Å²) in [4.78, 5) is 7.55. The van der Waals surface area contributed by atoms with Gasteiger partial charge in [0.05, 0.1) is 17.3 Å². The lowest BCUT2D eigenvalue weighted by Gasteiger charge is -2.02. The van der Waals surface area contributed by atoms with Crippen LogP contribution in [0.2, 0.25) is 0 Å². The van der Waals surface area contributed by atoms with E-state index >= 15 is 0 Å². The maximum Gasteiger partial charge on any atom is 0.139 e. The maximum atomic E-state index is 9.13. The number of fused-ring (bicyclic) bond motifs is 1. The molecule has 1 N–H and O–H groups in total. The highest BCUT2D eigenvalue weighted by molar-refractivity contribution is 5.85. The van der Waals surface area contributed by atoms with Crippen LogP contribution in [0.5, 0.6) is 0 Å². The van der Waals surface area contributed by atoms with Crippen LogP contribution >= 0.6 is 0 Å². The van der Waals surface area contributed by atoms with Crippen molar-refractivity contribution in [1.82, 2.24) is 9.97 Å². The second kappa shape index (κ2) is 3.76. The summed E-state index contributed by atoms with van der Waals surface area (Å²) in [6.45, 7) is 0. The van der Waals surface area contributed by atoms with Gasteiger partial charge in [-0.15, -0.1) is 0 Å². The average molecular weight is 219 g/mol. The lowest BCUT2D eigenvalue weighted by molar-refractivity contribution is 1.32. The van der Waals surface area contributed by atoms with Gasteiger partial charge in [0.25, 0.3) is 0 Å². The Morgan fingerprint density at radius 2 is 1.94 bits per heavy atom. The highest BCUT2D eigenvalue weighted by atomic mass is 14.8. The summed E-state index contributed by atoms with van der Waals surface area (Å²) in [5, 5.41) is 10.0. The topological polar surface area (TPSA) is 52.5 Å². The Kier molecular flexibility index (Phi) is 2.13. The number of rotatable bonds is 1. The van der Waals surface area contributed by atoms with Crippen molar-refractivity contribution in [3.63, 3.8) is 0 Å². The standard InChI is InChI=1S/C14H9N3/c15-9-11-8-13(10-4-2-1-3-5-10)17-14-12(11)6-7-16-14/h1-8H,(H,16,17). The highest BCUT2D eigenvalue weighted by Gasteiger charge is 2.07. The van der Waals surface area contributed by atoms with E-state index in [0.717, 1.165) is 22.3 Å². The minimum Gasteiger partial charge on any atom is -0.346 e. The number of hydrogen-bond acceptors (Lipinski definition) is 2. The lowest BCUT2D eigenvalue weighted by atomic mass is 10.1. The molecule has 0 aliphatic heterocycles. The van der Waals surface area contributed by atoms with E-state index in [2.05, 4.69) is 16.0 Å². The zero-order valence-electron chi connectivity index (χ0n) is 9.01. The van der Waals surface area contributed by atoms with E-state index in [1.54, 1.807) is 6.20 Å². The summed E-state index contributed by atoms with van der Waals surface area (Å²) >= 11 is 0. The molecule has 3 aromatic rings. The number of benzene rings is 1. The molecule has 0 radical (unpaired) electrons. The predicted molar refractivity (Wildman–Crippen MR) is 66.2 cm³/mol. The third-order valence-corrected chi connectivity index (χ3v) is 2.72. The molecule has 0 saturated heterocycles. The molecule has 80 valence electrons. The van der Waals surface area contributed by atoms with E-state index in [9.17, 15) is 0 Å². The SMILES string of the molecule is N#Cc1cc(-c2ccccc2)nc2[nH]ccc12. The molecule has 0 saturated carbocycles. The van der Waals surface area contributed by atoms with Crippen LogP contribution < -0.4 is 0 Å². The van der Waals surface area contributed by atoms with Crippen LogP contribution in [-0.2, 0) is 0 Å². The molecule has 0 amide bonds. The van der Waals surface area contributed by atoms with Crippen molar-refractivity contribution in [2.24, 2.45) is 0 Å². The number of aromatic nitrogens is 2. The summed E-state index contributed by atoms with van der Waals surface area (Å²) in [5.74, 6) is 0. The van der Waals surface area contributed by atoms with E-state index in [1.807, 2.05) is 42.5 Å². The van der Waals surface area contributed by atoms with E-state index < -0.39 is 0 Å². The van der Waals surface area contributed by atoms with Gasteiger partial charge < -0.3 is 4.98 Å². The molecule has 2 heterocycles. The third-order valence-electron chi connectivity index (χ3n) is 2.72. The van der Waals surface area contributed by atoms with Gasteiger partial charge in [-0.05, 0) is 12.1 Å². The molecule has 0 bridgehead atoms. The highest BCUT2D eigenvalue weighted by Crippen LogP contribution is 2.23. The quantitative estimate of drug-likeness (QED) is 0.683. The van der Waals surface area contributed by atoms with Crippen molar-refractivity contribution >= 4 is 11.0 Å². The van der Waals surface area contributed by atoms with Crippen molar-refractivity contribution in [2.75, 3.05) is 0 Å². The fraction of sp³-hybridized carbons (Fsp3) is 0.